The molecule has 2 rings (SSSR count). The maximum atomic E-state index is 12.6. The molecule has 2 heterocycles. The van der Waals surface area contributed by atoms with Gasteiger partial charge in [-0.3, -0.25) is 9.25 Å². The van der Waals surface area contributed by atoms with Gasteiger partial charge in [0.15, 0.2) is 0 Å². The maximum absolute atomic E-state index is 12.6. The summed E-state index contributed by atoms with van der Waals surface area (Å²) in [6.07, 6.45) is 3.71. The first-order chi connectivity index (χ1) is 8.49. The third-order valence-corrected chi connectivity index (χ3v) is 2.44. The van der Waals surface area contributed by atoms with Crippen LogP contribution in [0, 0.1) is 6.92 Å². The Bertz CT molecular complexity index is 576. The number of hydrogen-bond acceptors (Lipinski definition) is 3. The number of aromatic carboxylic acids is 1. The predicted octanol–water partition coefficient (Wildman–Crippen LogP) is 1.53. The topological polar surface area (TPSA) is 72.9 Å². The molecule has 0 spiro atoms. The van der Waals surface area contributed by atoms with Crippen LogP contribution in [0.15, 0.2) is 18.6 Å². The van der Waals surface area contributed by atoms with E-state index in [2.05, 4.69) is 10.1 Å². The van der Waals surface area contributed by atoms with E-state index >= 15 is 0 Å². The molecule has 0 amide bonds. The fourth-order valence-corrected chi connectivity index (χ4v) is 1.60. The Labute approximate surface area is 100 Å². The molecule has 2 aromatic heterocycles. The van der Waals surface area contributed by atoms with Crippen molar-refractivity contribution in [3.8, 4) is 0 Å². The lowest BCUT2D eigenvalue weighted by Gasteiger charge is -2.05. The van der Waals surface area contributed by atoms with E-state index in [9.17, 15) is 13.6 Å². The lowest BCUT2D eigenvalue weighted by atomic mass is 10.3. The molecular weight excluding hydrogens is 246 g/mol. The standard InChI is InChI=1S/C10H10F2N4O2/c1-6-7(9(17)18)4-15(14-6)5-8-13-2-3-16(8)10(11)12/h2-4,10H,5H2,1H3,(H,17,18). The second-order valence-electron chi connectivity index (χ2n) is 3.66. The minimum atomic E-state index is -2.68. The van der Waals surface area contributed by atoms with Gasteiger partial charge >= 0.3 is 12.5 Å². The number of nitrogens with zero attached hydrogens (tertiary/aromatic N) is 4. The Kier molecular flexibility index (Phi) is 3.09. The van der Waals surface area contributed by atoms with Gasteiger partial charge in [0.25, 0.3) is 0 Å². The van der Waals surface area contributed by atoms with Gasteiger partial charge in [-0.2, -0.15) is 13.9 Å². The van der Waals surface area contributed by atoms with Crippen LogP contribution in [0.25, 0.3) is 0 Å². The Morgan fingerprint density at radius 1 is 1.56 bits per heavy atom. The van der Waals surface area contributed by atoms with Gasteiger partial charge in [0.05, 0.1) is 12.2 Å². The molecule has 0 aromatic carbocycles. The first-order valence-electron chi connectivity index (χ1n) is 5.06. The van der Waals surface area contributed by atoms with E-state index in [0.717, 1.165) is 6.20 Å². The summed E-state index contributed by atoms with van der Waals surface area (Å²) in [5, 5.41) is 12.8. The van der Waals surface area contributed by atoms with E-state index < -0.39 is 12.5 Å². The highest BCUT2D eigenvalue weighted by molar-refractivity contribution is 5.88. The number of hydrogen-bond donors (Lipinski definition) is 1. The molecule has 0 fully saturated rings. The molecule has 0 unspecified atom stereocenters. The van der Waals surface area contributed by atoms with Gasteiger partial charge in [0.2, 0.25) is 0 Å². The van der Waals surface area contributed by atoms with Gasteiger partial charge in [-0.25, -0.2) is 9.78 Å². The van der Waals surface area contributed by atoms with Crippen molar-refractivity contribution in [2.24, 2.45) is 0 Å². The number of aryl methyl sites for hydroxylation is 1. The normalized spacial score (nSPS) is 11.1. The monoisotopic (exact) mass is 256 g/mol. The zero-order valence-corrected chi connectivity index (χ0v) is 9.42. The highest BCUT2D eigenvalue weighted by Gasteiger charge is 2.15. The second-order valence-corrected chi connectivity index (χ2v) is 3.66. The smallest absolute Gasteiger partial charge is 0.339 e. The van der Waals surface area contributed by atoms with Crippen LogP contribution in [0.3, 0.4) is 0 Å². The summed E-state index contributed by atoms with van der Waals surface area (Å²) in [4.78, 5) is 14.6. The molecule has 96 valence electrons. The highest BCUT2D eigenvalue weighted by Crippen LogP contribution is 2.14. The Morgan fingerprint density at radius 3 is 2.83 bits per heavy atom. The Balaban J connectivity index is 2.26. The van der Waals surface area contributed by atoms with Crippen LogP contribution in [-0.4, -0.2) is 30.4 Å². The maximum Gasteiger partial charge on any atom is 0.339 e. The molecule has 0 aliphatic heterocycles. The van der Waals surface area contributed by atoms with Crippen molar-refractivity contribution in [2.75, 3.05) is 0 Å². The number of rotatable bonds is 4. The van der Waals surface area contributed by atoms with E-state index in [1.165, 1.54) is 17.1 Å². The van der Waals surface area contributed by atoms with Crippen molar-refractivity contribution in [3.05, 3.63) is 35.7 Å². The lowest BCUT2D eigenvalue weighted by molar-refractivity contribution is 0.0662. The first kappa shape index (κ1) is 12.2. The number of aromatic nitrogens is 4. The fraction of sp³-hybridized carbons (Fsp3) is 0.300. The molecule has 6 nitrogen and oxygen atoms in total. The summed E-state index contributed by atoms with van der Waals surface area (Å²) in [6, 6.07) is 0. The summed E-state index contributed by atoms with van der Waals surface area (Å²) < 4.78 is 27.1. The average molecular weight is 256 g/mol. The van der Waals surface area contributed by atoms with Crippen LogP contribution in [0.1, 0.15) is 28.4 Å². The van der Waals surface area contributed by atoms with Crippen molar-refractivity contribution in [2.45, 2.75) is 20.0 Å². The number of carbonyl (C=O) groups is 1. The Hall–Kier alpha value is -2.25. The molecule has 0 aliphatic carbocycles. The number of alkyl halides is 2. The SMILES string of the molecule is Cc1nn(Cc2nccn2C(F)F)cc1C(=O)O. The fourth-order valence-electron chi connectivity index (χ4n) is 1.60. The van der Waals surface area contributed by atoms with Crippen LogP contribution in [-0.2, 0) is 6.54 Å². The van der Waals surface area contributed by atoms with Gasteiger partial charge < -0.3 is 5.11 Å². The molecule has 0 saturated heterocycles. The summed E-state index contributed by atoms with van der Waals surface area (Å²) in [5.41, 5.74) is 0.378. The van der Waals surface area contributed by atoms with Gasteiger partial charge in [-0.15, -0.1) is 0 Å². The number of halogens is 2. The van der Waals surface area contributed by atoms with Crippen LogP contribution >= 0.6 is 0 Å². The summed E-state index contributed by atoms with van der Waals surface area (Å²) >= 11 is 0. The van der Waals surface area contributed by atoms with E-state index in [1.54, 1.807) is 6.92 Å². The molecular formula is C10H10F2N4O2. The first-order valence-corrected chi connectivity index (χ1v) is 5.06. The zero-order chi connectivity index (χ0) is 13.3. The van der Waals surface area contributed by atoms with Crippen LogP contribution < -0.4 is 0 Å². The van der Waals surface area contributed by atoms with E-state index in [4.69, 9.17) is 5.11 Å². The molecule has 0 bridgehead atoms. The highest BCUT2D eigenvalue weighted by atomic mass is 19.3. The van der Waals surface area contributed by atoms with Gasteiger partial charge in [0, 0.05) is 18.6 Å². The minimum absolute atomic E-state index is 0.00847. The second kappa shape index (κ2) is 4.55. The van der Waals surface area contributed by atoms with Crippen molar-refractivity contribution in [1.29, 1.82) is 0 Å². The van der Waals surface area contributed by atoms with Crippen LogP contribution in [0.4, 0.5) is 8.78 Å². The van der Waals surface area contributed by atoms with Crippen molar-refractivity contribution in [1.82, 2.24) is 19.3 Å². The zero-order valence-electron chi connectivity index (χ0n) is 9.42. The number of carboxylic acids is 1. The van der Waals surface area contributed by atoms with Crippen LogP contribution in [0.5, 0.6) is 0 Å². The molecule has 0 aliphatic rings. The average Bonchev–Trinajstić information content (AvgIpc) is 2.85. The van der Waals surface area contributed by atoms with E-state index in [0.29, 0.717) is 10.3 Å². The summed E-state index contributed by atoms with van der Waals surface area (Å²) in [7, 11) is 0. The molecule has 1 N–H and O–H groups in total. The van der Waals surface area contributed by atoms with Gasteiger partial charge in [-0.1, -0.05) is 0 Å². The summed E-state index contributed by atoms with van der Waals surface area (Å²) in [6.45, 7) is -1.15. The predicted molar refractivity (Wildman–Crippen MR) is 56.5 cm³/mol. The molecule has 18 heavy (non-hydrogen) atoms. The van der Waals surface area contributed by atoms with Gasteiger partial charge in [-0.05, 0) is 6.92 Å². The summed E-state index contributed by atoms with van der Waals surface area (Å²) in [5.74, 6) is -0.986. The number of carboxylic acid groups (broad SMARTS) is 1. The molecule has 0 saturated carbocycles. The lowest BCUT2D eigenvalue weighted by Crippen LogP contribution is -2.09. The van der Waals surface area contributed by atoms with E-state index in [1.807, 2.05) is 0 Å². The third-order valence-electron chi connectivity index (χ3n) is 2.44. The quantitative estimate of drug-likeness (QED) is 0.900. The van der Waals surface area contributed by atoms with Crippen LogP contribution in [0.2, 0.25) is 0 Å². The van der Waals surface area contributed by atoms with Gasteiger partial charge in [0.1, 0.15) is 11.4 Å². The van der Waals surface area contributed by atoms with Crippen molar-refractivity contribution < 1.29 is 18.7 Å². The molecule has 0 radical (unpaired) electrons. The largest absolute Gasteiger partial charge is 0.478 e. The van der Waals surface area contributed by atoms with Crippen molar-refractivity contribution in [3.63, 3.8) is 0 Å². The molecule has 0 atom stereocenters. The van der Waals surface area contributed by atoms with Crippen molar-refractivity contribution >= 4 is 5.97 Å². The molecule has 2 aromatic rings. The Morgan fingerprint density at radius 2 is 2.28 bits per heavy atom. The molecule has 8 heteroatoms. The third kappa shape index (κ3) is 2.22. The number of imidazole rings is 1. The minimum Gasteiger partial charge on any atom is -0.478 e. The van der Waals surface area contributed by atoms with E-state index in [-0.39, 0.29) is 17.9 Å².